The van der Waals surface area contributed by atoms with Gasteiger partial charge in [0.05, 0.1) is 30.7 Å². The monoisotopic (exact) mass is 486 g/mol. The summed E-state index contributed by atoms with van der Waals surface area (Å²) in [6, 6.07) is 3.18. The summed E-state index contributed by atoms with van der Waals surface area (Å²) < 4.78 is 5.33. The van der Waals surface area contributed by atoms with Gasteiger partial charge in [-0.2, -0.15) is 5.26 Å². The Morgan fingerprint density at radius 2 is 1.69 bits per heavy atom. The number of rotatable bonds is 7. The standard InChI is InChI=1S/C28H46N4O3/c1-27(2)12-10-23(11-13-27)32-15-14-28(20-29,21-32)26(22-6-4-3-5-7-22)30-24(33)8-9-25(34)31-16-18-35-19-17-31/h22-23,26H,3-19,21H2,1-2H3,(H,30,33)/t26-,28+/m1/s1. The number of carbonyl (C=O) groups excluding carboxylic acids is 2. The molecule has 0 aromatic rings. The molecule has 4 aliphatic rings. The first-order valence-corrected chi connectivity index (χ1v) is 14.1. The molecule has 0 aromatic heterocycles. The second kappa shape index (κ2) is 11.6. The molecule has 0 unspecified atom stereocenters. The van der Waals surface area contributed by atoms with Gasteiger partial charge in [-0.1, -0.05) is 33.1 Å². The highest BCUT2D eigenvalue weighted by molar-refractivity contribution is 5.84. The number of hydrogen-bond donors (Lipinski definition) is 1. The summed E-state index contributed by atoms with van der Waals surface area (Å²) in [6.07, 6.45) is 11.9. The predicted octanol–water partition coefficient (Wildman–Crippen LogP) is 3.87. The van der Waals surface area contributed by atoms with E-state index in [0.29, 0.717) is 43.7 Å². The van der Waals surface area contributed by atoms with Gasteiger partial charge in [-0.25, -0.2) is 0 Å². The number of likely N-dealkylation sites (tertiary alicyclic amines) is 1. The topological polar surface area (TPSA) is 85.7 Å². The highest BCUT2D eigenvalue weighted by atomic mass is 16.5. The number of hydrogen-bond acceptors (Lipinski definition) is 5. The quantitative estimate of drug-likeness (QED) is 0.590. The van der Waals surface area contributed by atoms with Gasteiger partial charge in [-0.15, -0.1) is 0 Å². The molecule has 2 heterocycles. The third kappa shape index (κ3) is 6.57. The number of carbonyl (C=O) groups is 2. The first kappa shape index (κ1) is 26.4. The Hall–Kier alpha value is -1.65. The molecule has 2 atom stereocenters. The Morgan fingerprint density at radius 1 is 1.00 bits per heavy atom. The van der Waals surface area contributed by atoms with Crippen LogP contribution in [0.1, 0.15) is 90.9 Å². The molecule has 1 N–H and O–H groups in total. The van der Waals surface area contributed by atoms with Gasteiger partial charge in [0.15, 0.2) is 0 Å². The van der Waals surface area contributed by atoms with Crippen LogP contribution in [-0.2, 0) is 14.3 Å². The van der Waals surface area contributed by atoms with E-state index >= 15 is 0 Å². The molecule has 0 spiro atoms. The lowest BCUT2D eigenvalue weighted by atomic mass is 9.70. The minimum absolute atomic E-state index is 0.0277. The van der Waals surface area contributed by atoms with E-state index in [9.17, 15) is 14.9 Å². The van der Waals surface area contributed by atoms with Crippen LogP contribution >= 0.6 is 0 Å². The normalized spacial score (nSPS) is 29.5. The maximum atomic E-state index is 13.1. The minimum atomic E-state index is -0.529. The van der Waals surface area contributed by atoms with Crippen molar-refractivity contribution in [2.24, 2.45) is 16.7 Å². The van der Waals surface area contributed by atoms with Crippen molar-refractivity contribution in [3.05, 3.63) is 0 Å². The van der Waals surface area contributed by atoms with Gasteiger partial charge in [-0.05, 0) is 56.3 Å². The molecule has 35 heavy (non-hydrogen) atoms. The van der Waals surface area contributed by atoms with Crippen molar-refractivity contribution in [2.45, 2.75) is 103 Å². The number of morpholine rings is 1. The molecule has 2 aliphatic heterocycles. The van der Waals surface area contributed by atoms with Gasteiger partial charge in [0, 0.05) is 45.1 Å². The minimum Gasteiger partial charge on any atom is -0.378 e. The molecule has 2 amide bonds. The second-order valence-corrected chi connectivity index (χ2v) is 12.3. The van der Waals surface area contributed by atoms with Gasteiger partial charge >= 0.3 is 0 Å². The molecule has 0 radical (unpaired) electrons. The van der Waals surface area contributed by atoms with Crippen LogP contribution in [0.5, 0.6) is 0 Å². The first-order chi connectivity index (χ1) is 16.8. The molecule has 4 rings (SSSR count). The number of nitrogens with zero attached hydrogens (tertiary/aromatic N) is 3. The Balaban J connectivity index is 1.40. The predicted molar refractivity (Wildman–Crippen MR) is 135 cm³/mol. The van der Waals surface area contributed by atoms with E-state index in [-0.39, 0.29) is 30.7 Å². The molecule has 196 valence electrons. The highest BCUT2D eigenvalue weighted by Crippen LogP contribution is 2.44. The van der Waals surface area contributed by atoms with Crippen molar-refractivity contribution < 1.29 is 14.3 Å². The van der Waals surface area contributed by atoms with Gasteiger partial charge < -0.3 is 15.0 Å². The summed E-state index contributed by atoms with van der Waals surface area (Å²) in [5, 5.41) is 13.8. The van der Waals surface area contributed by atoms with Crippen LogP contribution in [0.25, 0.3) is 0 Å². The molecule has 2 aliphatic carbocycles. The van der Waals surface area contributed by atoms with E-state index in [1.54, 1.807) is 4.90 Å². The summed E-state index contributed by atoms with van der Waals surface area (Å²) in [7, 11) is 0. The molecule has 2 saturated heterocycles. The molecule has 0 bridgehead atoms. The highest BCUT2D eigenvalue weighted by Gasteiger charge is 2.50. The van der Waals surface area contributed by atoms with Crippen LogP contribution in [0.2, 0.25) is 0 Å². The van der Waals surface area contributed by atoms with Crippen LogP contribution < -0.4 is 5.32 Å². The molecular formula is C28H46N4O3. The Labute approximate surface area is 211 Å². The van der Waals surface area contributed by atoms with Crippen molar-refractivity contribution in [1.82, 2.24) is 15.1 Å². The summed E-state index contributed by atoms with van der Waals surface area (Å²) in [6.45, 7) is 8.81. The number of amides is 2. The summed E-state index contributed by atoms with van der Waals surface area (Å²) in [5.74, 6) is 0.308. The van der Waals surface area contributed by atoms with E-state index < -0.39 is 5.41 Å². The Kier molecular flexibility index (Phi) is 8.76. The van der Waals surface area contributed by atoms with E-state index in [1.165, 1.54) is 44.9 Å². The largest absolute Gasteiger partial charge is 0.378 e. The SMILES string of the molecule is CC1(C)CCC(N2CC[C@@](C#N)([C@H](NC(=O)CCC(=O)N3CCOCC3)C3CCCCC3)C2)CC1. The van der Waals surface area contributed by atoms with E-state index in [1.807, 2.05) is 0 Å². The van der Waals surface area contributed by atoms with Crippen LogP contribution in [0.4, 0.5) is 0 Å². The van der Waals surface area contributed by atoms with Crippen molar-refractivity contribution >= 4 is 11.8 Å². The summed E-state index contributed by atoms with van der Waals surface area (Å²) >= 11 is 0. The summed E-state index contributed by atoms with van der Waals surface area (Å²) in [4.78, 5) is 30.0. The Bertz CT molecular complexity index is 772. The number of nitrogens with one attached hydrogen (secondary N) is 1. The molecule has 7 nitrogen and oxygen atoms in total. The fourth-order valence-corrected chi connectivity index (χ4v) is 6.95. The van der Waals surface area contributed by atoms with Crippen LogP contribution in [0.3, 0.4) is 0 Å². The second-order valence-electron chi connectivity index (χ2n) is 12.3. The maximum absolute atomic E-state index is 13.1. The molecule has 7 heteroatoms. The molecule has 4 fully saturated rings. The van der Waals surface area contributed by atoms with Gasteiger partial charge in [0.2, 0.25) is 11.8 Å². The first-order valence-electron chi connectivity index (χ1n) is 14.1. The summed E-state index contributed by atoms with van der Waals surface area (Å²) in [5.41, 5.74) is -0.0986. The van der Waals surface area contributed by atoms with Gasteiger partial charge in [0.1, 0.15) is 0 Å². The average molecular weight is 487 g/mol. The lowest BCUT2D eigenvalue weighted by Crippen LogP contribution is -2.54. The van der Waals surface area contributed by atoms with Gasteiger partial charge in [0.25, 0.3) is 0 Å². The van der Waals surface area contributed by atoms with Gasteiger partial charge in [-0.3, -0.25) is 14.5 Å². The third-order valence-corrected chi connectivity index (χ3v) is 9.34. The zero-order chi connectivity index (χ0) is 24.9. The van der Waals surface area contributed by atoms with Crippen molar-refractivity contribution in [3.63, 3.8) is 0 Å². The van der Waals surface area contributed by atoms with E-state index in [2.05, 4.69) is 30.1 Å². The van der Waals surface area contributed by atoms with Crippen LogP contribution in [0.15, 0.2) is 0 Å². The fraction of sp³-hybridized carbons (Fsp3) is 0.893. The lowest BCUT2D eigenvalue weighted by molar-refractivity contribution is -0.137. The van der Waals surface area contributed by atoms with Crippen molar-refractivity contribution in [2.75, 3.05) is 39.4 Å². The number of nitriles is 1. The van der Waals surface area contributed by atoms with Crippen LogP contribution in [0, 0.1) is 28.1 Å². The number of ether oxygens (including phenoxy) is 1. The van der Waals surface area contributed by atoms with E-state index in [0.717, 1.165) is 32.4 Å². The lowest BCUT2D eigenvalue weighted by Gasteiger charge is -2.42. The zero-order valence-electron chi connectivity index (χ0n) is 22.0. The molecule has 2 saturated carbocycles. The fourth-order valence-electron chi connectivity index (χ4n) is 6.95. The van der Waals surface area contributed by atoms with Crippen LogP contribution in [-0.4, -0.2) is 73.1 Å². The molecule has 0 aromatic carbocycles. The maximum Gasteiger partial charge on any atom is 0.223 e. The van der Waals surface area contributed by atoms with Crippen molar-refractivity contribution in [3.8, 4) is 6.07 Å². The molecular weight excluding hydrogens is 440 g/mol. The third-order valence-electron chi connectivity index (χ3n) is 9.34. The average Bonchev–Trinajstić information content (AvgIpc) is 3.32. The zero-order valence-corrected chi connectivity index (χ0v) is 22.0. The van der Waals surface area contributed by atoms with E-state index in [4.69, 9.17) is 4.74 Å². The smallest absolute Gasteiger partial charge is 0.223 e. The Morgan fingerprint density at radius 3 is 2.34 bits per heavy atom. The van der Waals surface area contributed by atoms with Crippen molar-refractivity contribution in [1.29, 1.82) is 5.26 Å².